The van der Waals surface area contributed by atoms with Gasteiger partial charge in [0.05, 0.1) is 25.2 Å². The molecule has 1 amide bonds. The molecule has 2 aromatic rings. The van der Waals surface area contributed by atoms with Crippen molar-refractivity contribution in [1.82, 2.24) is 5.32 Å². The zero-order chi connectivity index (χ0) is 28.3. The van der Waals surface area contributed by atoms with Crippen molar-refractivity contribution in [2.75, 3.05) is 34.0 Å². The van der Waals surface area contributed by atoms with Gasteiger partial charge in [0, 0.05) is 37.7 Å². The van der Waals surface area contributed by atoms with Gasteiger partial charge >= 0.3 is 0 Å². The summed E-state index contributed by atoms with van der Waals surface area (Å²) in [6.07, 6.45) is 1.33. The van der Waals surface area contributed by atoms with E-state index in [9.17, 15) is 9.90 Å². The maximum absolute atomic E-state index is 12.9. The summed E-state index contributed by atoms with van der Waals surface area (Å²) >= 11 is 5.98. The van der Waals surface area contributed by atoms with E-state index in [1.165, 1.54) is 0 Å². The second kappa shape index (κ2) is 15.3. The number of carbonyl (C=O) groups is 1. The van der Waals surface area contributed by atoms with Crippen LogP contribution in [0.2, 0.25) is 5.02 Å². The van der Waals surface area contributed by atoms with E-state index in [1.807, 2.05) is 44.2 Å². The van der Waals surface area contributed by atoms with Crippen LogP contribution in [0.15, 0.2) is 42.5 Å². The molecule has 3 unspecified atom stereocenters. The standard InChI is InChI=1S/C30H45ClN2O5/c1-20(2)22(16-21-8-13-27(37-6)28(17-21)38-15-7-14-36-5)18-25(32)26(34)19-33-29(35)30(3,4)23-9-11-24(31)12-10-23/h8-13,17,20,22,25-26,34H,7,14-16,18-19,32H2,1-6H3,(H,33,35). The molecule has 0 saturated heterocycles. The minimum absolute atomic E-state index is 0.0871. The van der Waals surface area contributed by atoms with Crippen molar-refractivity contribution < 1.29 is 24.1 Å². The predicted molar refractivity (Wildman–Crippen MR) is 153 cm³/mol. The molecule has 0 aliphatic rings. The van der Waals surface area contributed by atoms with E-state index < -0.39 is 17.6 Å². The first-order valence-electron chi connectivity index (χ1n) is 13.3. The van der Waals surface area contributed by atoms with E-state index in [0.29, 0.717) is 42.1 Å². The Morgan fingerprint density at radius 2 is 1.76 bits per heavy atom. The van der Waals surface area contributed by atoms with Crippen molar-refractivity contribution in [1.29, 1.82) is 0 Å². The number of carbonyl (C=O) groups excluding carboxylic acids is 1. The largest absolute Gasteiger partial charge is 0.493 e. The van der Waals surface area contributed by atoms with Crippen molar-refractivity contribution >= 4 is 17.5 Å². The van der Waals surface area contributed by atoms with Gasteiger partial charge in [-0.1, -0.05) is 43.6 Å². The van der Waals surface area contributed by atoms with Crippen LogP contribution < -0.4 is 20.5 Å². The van der Waals surface area contributed by atoms with E-state index >= 15 is 0 Å². The molecular weight excluding hydrogens is 504 g/mol. The molecule has 0 radical (unpaired) electrons. The van der Waals surface area contributed by atoms with Crippen molar-refractivity contribution in [2.45, 2.75) is 64.5 Å². The monoisotopic (exact) mass is 548 g/mol. The molecule has 3 atom stereocenters. The van der Waals surface area contributed by atoms with Crippen LogP contribution in [0.1, 0.15) is 51.7 Å². The lowest BCUT2D eigenvalue weighted by atomic mass is 9.82. The van der Waals surface area contributed by atoms with Gasteiger partial charge in [-0.25, -0.2) is 0 Å². The Labute approximate surface area is 233 Å². The number of aliphatic hydroxyl groups excluding tert-OH is 1. The summed E-state index contributed by atoms with van der Waals surface area (Å²) < 4.78 is 16.5. The Bertz CT molecular complexity index is 997. The van der Waals surface area contributed by atoms with Crippen LogP contribution in [-0.4, -0.2) is 57.1 Å². The number of nitrogens with one attached hydrogen (secondary N) is 1. The fourth-order valence-corrected chi connectivity index (χ4v) is 4.44. The van der Waals surface area contributed by atoms with Crippen molar-refractivity contribution in [3.63, 3.8) is 0 Å². The summed E-state index contributed by atoms with van der Waals surface area (Å²) in [6.45, 7) is 9.27. The summed E-state index contributed by atoms with van der Waals surface area (Å²) in [5.41, 5.74) is 7.62. The lowest BCUT2D eigenvalue weighted by molar-refractivity contribution is -0.126. The molecule has 2 rings (SSSR count). The van der Waals surface area contributed by atoms with Gasteiger partial charge in [0.15, 0.2) is 11.5 Å². The van der Waals surface area contributed by atoms with Crippen molar-refractivity contribution in [3.05, 3.63) is 58.6 Å². The summed E-state index contributed by atoms with van der Waals surface area (Å²) in [6, 6.07) is 12.7. The molecule has 0 heterocycles. The van der Waals surface area contributed by atoms with Crippen LogP contribution in [-0.2, 0) is 21.4 Å². The molecule has 2 aromatic carbocycles. The molecule has 8 heteroatoms. The lowest BCUT2D eigenvalue weighted by Gasteiger charge is -2.29. The Kier molecular flexibility index (Phi) is 12.9. The molecule has 0 spiro atoms. The summed E-state index contributed by atoms with van der Waals surface area (Å²) in [5.74, 6) is 1.80. The molecule has 0 saturated carbocycles. The molecule has 0 aliphatic carbocycles. The van der Waals surface area contributed by atoms with Crippen LogP contribution in [0.25, 0.3) is 0 Å². The highest BCUT2D eigenvalue weighted by atomic mass is 35.5. The predicted octanol–water partition coefficient (Wildman–Crippen LogP) is 4.75. The molecule has 212 valence electrons. The van der Waals surface area contributed by atoms with E-state index in [1.54, 1.807) is 26.4 Å². The van der Waals surface area contributed by atoms with Gasteiger partial charge in [0.2, 0.25) is 5.91 Å². The summed E-state index contributed by atoms with van der Waals surface area (Å²) in [7, 11) is 3.30. The second-order valence-electron chi connectivity index (χ2n) is 10.7. The molecule has 0 fully saturated rings. The number of hydrogen-bond donors (Lipinski definition) is 3. The van der Waals surface area contributed by atoms with Crippen LogP contribution >= 0.6 is 11.6 Å². The van der Waals surface area contributed by atoms with Crippen LogP contribution in [0, 0.1) is 11.8 Å². The highest BCUT2D eigenvalue weighted by molar-refractivity contribution is 6.30. The normalized spacial score (nSPS) is 14.2. The van der Waals surface area contributed by atoms with Gasteiger partial charge in [-0.2, -0.15) is 0 Å². The second-order valence-corrected chi connectivity index (χ2v) is 11.1. The zero-order valence-electron chi connectivity index (χ0n) is 23.6. The first kappa shape index (κ1) is 31.9. The number of hydrogen-bond acceptors (Lipinski definition) is 6. The Hall–Kier alpha value is -2.32. The molecular formula is C30H45ClN2O5. The average Bonchev–Trinajstić information content (AvgIpc) is 2.89. The maximum atomic E-state index is 12.9. The molecule has 0 aliphatic heterocycles. The number of aliphatic hydroxyl groups is 1. The minimum atomic E-state index is -0.864. The van der Waals surface area contributed by atoms with Gasteiger partial charge in [-0.15, -0.1) is 0 Å². The van der Waals surface area contributed by atoms with Gasteiger partial charge in [-0.3, -0.25) is 4.79 Å². The van der Waals surface area contributed by atoms with Crippen LogP contribution in [0.5, 0.6) is 11.5 Å². The molecule has 38 heavy (non-hydrogen) atoms. The Balaban J connectivity index is 1.98. The van der Waals surface area contributed by atoms with Gasteiger partial charge in [0.25, 0.3) is 0 Å². The Morgan fingerprint density at radius 1 is 1.08 bits per heavy atom. The zero-order valence-corrected chi connectivity index (χ0v) is 24.4. The molecule has 0 aromatic heterocycles. The van der Waals surface area contributed by atoms with E-state index in [-0.39, 0.29) is 18.4 Å². The number of rotatable bonds is 16. The van der Waals surface area contributed by atoms with Crippen LogP contribution in [0.3, 0.4) is 0 Å². The first-order chi connectivity index (χ1) is 18.0. The lowest BCUT2D eigenvalue weighted by Crippen LogP contribution is -2.48. The quantitative estimate of drug-likeness (QED) is 0.262. The molecule has 0 bridgehead atoms. The fraction of sp³-hybridized carbons (Fsp3) is 0.567. The van der Waals surface area contributed by atoms with E-state index in [4.69, 9.17) is 31.5 Å². The Morgan fingerprint density at radius 3 is 2.37 bits per heavy atom. The fourth-order valence-electron chi connectivity index (χ4n) is 4.31. The molecule has 4 N–H and O–H groups in total. The summed E-state index contributed by atoms with van der Waals surface area (Å²) in [4.78, 5) is 12.9. The third kappa shape index (κ3) is 9.45. The van der Waals surface area contributed by atoms with Crippen molar-refractivity contribution in [2.24, 2.45) is 17.6 Å². The van der Waals surface area contributed by atoms with Crippen LogP contribution in [0.4, 0.5) is 0 Å². The molecule has 7 nitrogen and oxygen atoms in total. The SMILES string of the molecule is COCCCOc1cc(CC(CC(N)C(O)CNC(=O)C(C)(C)c2ccc(Cl)cc2)C(C)C)ccc1OC. The smallest absolute Gasteiger partial charge is 0.230 e. The third-order valence-corrected chi connectivity index (χ3v) is 7.35. The number of ether oxygens (including phenoxy) is 3. The average molecular weight is 549 g/mol. The highest BCUT2D eigenvalue weighted by Gasteiger charge is 2.31. The maximum Gasteiger partial charge on any atom is 0.230 e. The van der Waals surface area contributed by atoms with Gasteiger partial charge in [0.1, 0.15) is 0 Å². The van der Waals surface area contributed by atoms with E-state index in [2.05, 4.69) is 19.2 Å². The van der Waals surface area contributed by atoms with Crippen molar-refractivity contribution in [3.8, 4) is 11.5 Å². The number of methoxy groups -OCH3 is 2. The topological polar surface area (TPSA) is 103 Å². The third-order valence-electron chi connectivity index (χ3n) is 7.09. The van der Waals surface area contributed by atoms with E-state index in [0.717, 1.165) is 24.0 Å². The highest BCUT2D eigenvalue weighted by Crippen LogP contribution is 2.31. The summed E-state index contributed by atoms with van der Waals surface area (Å²) in [5, 5.41) is 14.3. The number of nitrogens with two attached hydrogens (primary N) is 1. The number of benzene rings is 2. The van der Waals surface area contributed by atoms with Gasteiger partial charge < -0.3 is 30.4 Å². The van der Waals surface area contributed by atoms with Gasteiger partial charge in [-0.05, 0) is 73.9 Å². The first-order valence-corrected chi connectivity index (χ1v) is 13.6. The minimum Gasteiger partial charge on any atom is -0.493 e. The number of halogens is 1. The number of amides is 1.